The number of nitrogens with zero attached hydrogens (tertiary/aromatic N) is 1. The maximum atomic E-state index is 12.6. The van der Waals surface area contributed by atoms with Gasteiger partial charge in [-0.1, -0.05) is 29.8 Å². The molecule has 0 spiro atoms. The Balaban J connectivity index is 1.83. The standard InChI is InChI=1S/C19H18ClN3O3S/c1-12(15-5-3-4-6-17(15)23-27(2,25)26)21-19(24)14-7-9-16-13(11-14)8-10-18(20)22-16/h3-12,23H,1-2H3,(H,21,24). The van der Waals surface area contributed by atoms with E-state index in [-0.39, 0.29) is 5.91 Å². The Morgan fingerprint density at radius 2 is 1.85 bits per heavy atom. The van der Waals surface area contributed by atoms with Crippen molar-refractivity contribution in [1.29, 1.82) is 0 Å². The normalized spacial score (nSPS) is 12.6. The zero-order valence-electron chi connectivity index (χ0n) is 14.7. The van der Waals surface area contributed by atoms with Gasteiger partial charge >= 0.3 is 0 Å². The Morgan fingerprint density at radius 1 is 1.11 bits per heavy atom. The van der Waals surface area contributed by atoms with Crippen LogP contribution in [0.25, 0.3) is 10.9 Å². The summed E-state index contributed by atoms with van der Waals surface area (Å²) in [7, 11) is -3.42. The summed E-state index contributed by atoms with van der Waals surface area (Å²) in [4.78, 5) is 16.8. The zero-order valence-corrected chi connectivity index (χ0v) is 16.3. The average molecular weight is 404 g/mol. The number of aromatic nitrogens is 1. The van der Waals surface area contributed by atoms with Crippen LogP contribution in [0, 0.1) is 0 Å². The monoisotopic (exact) mass is 403 g/mol. The Morgan fingerprint density at radius 3 is 2.59 bits per heavy atom. The van der Waals surface area contributed by atoms with Crippen molar-refractivity contribution in [3.8, 4) is 0 Å². The Bertz CT molecular complexity index is 1120. The molecule has 3 rings (SSSR count). The molecular formula is C19H18ClN3O3S. The van der Waals surface area contributed by atoms with Crippen LogP contribution in [0.2, 0.25) is 5.15 Å². The predicted octanol–water partition coefficient (Wildman–Crippen LogP) is 3.75. The van der Waals surface area contributed by atoms with E-state index in [9.17, 15) is 13.2 Å². The molecule has 6 nitrogen and oxygen atoms in total. The van der Waals surface area contributed by atoms with Crippen molar-refractivity contribution in [3.63, 3.8) is 0 Å². The largest absolute Gasteiger partial charge is 0.345 e. The molecule has 0 radical (unpaired) electrons. The Hall–Kier alpha value is -2.64. The summed E-state index contributed by atoms with van der Waals surface area (Å²) in [6.45, 7) is 1.79. The summed E-state index contributed by atoms with van der Waals surface area (Å²) in [5.41, 5.74) is 2.29. The first kappa shape index (κ1) is 19.1. The van der Waals surface area contributed by atoms with Gasteiger partial charge in [-0.3, -0.25) is 9.52 Å². The number of halogens is 1. The summed E-state index contributed by atoms with van der Waals surface area (Å²) in [6, 6.07) is 15.2. The molecule has 1 heterocycles. The minimum absolute atomic E-state index is 0.270. The molecule has 0 bridgehead atoms. The van der Waals surface area contributed by atoms with Gasteiger partial charge in [-0.2, -0.15) is 0 Å². The molecule has 0 aliphatic heterocycles. The van der Waals surface area contributed by atoms with Crippen LogP contribution in [0.3, 0.4) is 0 Å². The fourth-order valence-corrected chi connectivity index (χ4v) is 3.51. The van der Waals surface area contributed by atoms with Crippen LogP contribution in [-0.4, -0.2) is 25.6 Å². The van der Waals surface area contributed by atoms with Gasteiger partial charge in [0.1, 0.15) is 5.15 Å². The van der Waals surface area contributed by atoms with Gasteiger partial charge in [0.05, 0.1) is 23.5 Å². The van der Waals surface area contributed by atoms with Crippen LogP contribution >= 0.6 is 11.6 Å². The SMILES string of the molecule is CC(NC(=O)c1ccc2nc(Cl)ccc2c1)c1ccccc1NS(C)(=O)=O. The van der Waals surface area contributed by atoms with Gasteiger partial charge in [0.25, 0.3) is 5.91 Å². The molecule has 1 unspecified atom stereocenters. The van der Waals surface area contributed by atoms with Gasteiger partial charge in [0.2, 0.25) is 10.0 Å². The van der Waals surface area contributed by atoms with E-state index in [2.05, 4.69) is 15.0 Å². The lowest BCUT2D eigenvalue weighted by atomic mass is 10.1. The molecule has 0 aliphatic rings. The number of pyridine rings is 1. The number of rotatable bonds is 5. The van der Waals surface area contributed by atoms with Gasteiger partial charge in [-0.05, 0) is 48.9 Å². The quantitative estimate of drug-likeness (QED) is 0.635. The highest BCUT2D eigenvalue weighted by molar-refractivity contribution is 7.92. The van der Waals surface area contributed by atoms with Crippen molar-refractivity contribution in [3.05, 3.63) is 70.9 Å². The van der Waals surface area contributed by atoms with Gasteiger partial charge in [-0.15, -0.1) is 0 Å². The lowest BCUT2D eigenvalue weighted by molar-refractivity contribution is 0.0940. The smallest absolute Gasteiger partial charge is 0.251 e. The molecule has 27 heavy (non-hydrogen) atoms. The summed E-state index contributed by atoms with van der Waals surface area (Å²) in [5.74, 6) is -0.270. The number of carbonyl (C=O) groups excluding carboxylic acids is 1. The number of carbonyl (C=O) groups is 1. The van der Waals surface area contributed by atoms with Crippen LogP contribution in [0.1, 0.15) is 28.9 Å². The van der Waals surface area contributed by atoms with E-state index in [0.717, 1.165) is 11.6 Å². The average Bonchev–Trinajstić information content (AvgIpc) is 2.60. The van der Waals surface area contributed by atoms with Gasteiger partial charge < -0.3 is 5.32 Å². The third-order valence-corrected chi connectivity index (χ3v) is 4.79. The maximum absolute atomic E-state index is 12.6. The van der Waals surface area contributed by atoms with E-state index in [1.807, 2.05) is 0 Å². The van der Waals surface area contributed by atoms with E-state index in [1.165, 1.54) is 0 Å². The van der Waals surface area contributed by atoms with E-state index in [0.29, 0.717) is 27.5 Å². The molecule has 8 heteroatoms. The highest BCUT2D eigenvalue weighted by Crippen LogP contribution is 2.24. The number of hydrogen-bond acceptors (Lipinski definition) is 4. The minimum atomic E-state index is -3.42. The molecule has 3 aromatic rings. The number of nitrogens with one attached hydrogen (secondary N) is 2. The number of sulfonamides is 1. The first-order valence-corrected chi connectivity index (χ1v) is 10.4. The minimum Gasteiger partial charge on any atom is -0.345 e. The fourth-order valence-electron chi connectivity index (χ4n) is 2.77. The second-order valence-electron chi connectivity index (χ2n) is 6.20. The molecule has 0 fully saturated rings. The molecule has 1 aromatic heterocycles. The third-order valence-electron chi connectivity index (χ3n) is 3.99. The van der Waals surface area contributed by atoms with Crippen molar-refractivity contribution < 1.29 is 13.2 Å². The molecule has 2 N–H and O–H groups in total. The molecule has 2 aromatic carbocycles. The number of benzene rings is 2. The number of hydrogen-bond donors (Lipinski definition) is 2. The van der Waals surface area contributed by atoms with Gasteiger partial charge in [0.15, 0.2) is 0 Å². The molecule has 1 atom stereocenters. The molecule has 1 amide bonds. The summed E-state index contributed by atoms with van der Waals surface area (Å²) in [5, 5.41) is 4.09. The lowest BCUT2D eigenvalue weighted by Crippen LogP contribution is -2.27. The van der Waals surface area contributed by atoms with Crippen LogP contribution in [0.4, 0.5) is 5.69 Å². The van der Waals surface area contributed by atoms with E-state index < -0.39 is 16.1 Å². The summed E-state index contributed by atoms with van der Waals surface area (Å²) in [6.07, 6.45) is 1.09. The summed E-state index contributed by atoms with van der Waals surface area (Å²) < 4.78 is 25.6. The molecule has 0 aliphatic carbocycles. The second kappa shape index (κ2) is 7.54. The van der Waals surface area contributed by atoms with Crippen LogP contribution in [0.5, 0.6) is 0 Å². The van der Waals surface area contributed by atoms with Crippen molar-refractivity contribution in [2.45, 2.75) is 13.0 Å². The third kappa shape index (κ3) is 4.75. The molecule has 0 saturated carbocycles. The Labute approximate surface area is 162 Å². The Kier molecular flexibility index (Phi) is 5.34. The van der Waals surface area contributed by atoms with Gasteiger partial charge in [0, 0.05) is 10.9 Å². The summed E-state index contributed by atoms with van der Waals surface area (Å²) >= 11 is 5.88. The first-order valence-electron chi connectivity index (χ1n) is 8.17. The first-order chi connectivity index (χ1) is 12.7. The van der Waals surface area contributed by atoms with Crippen molar-refractivity contribution in [2.75, 3.05) is 11.0 Å². The van der Waals surface area contributed by atoms with E-state index in [1.54, 1.807) is 61.5 Å². The number of fused-ring (bicyclic) bond motifs is 1. The van der Waals surface area contributed by atoms with Crippen molar-refractivity contribution in [1.82, 2.24) is 10.3 Å². The van der Waals surface area contributed by atoms with Crippen LogP contribution < -0.4 is 10.0 Å². The topological polar surface area (TPSA) is 88.2 Å². The van der Waals surface area contributed by atoms with Gasteiger partial charge in [-0.25, -0.2) is 13.4 Å². The van der Waals surface area contributed by atoms with Crippen molar-refractivity contribution in [2.24, 2.45) is 0 Å². The van der Waals surface area contributed by atoms with E-state index in [4.69, 9.17) is 11.6 Å². The highest BCUT2D eigenvalue weighted by atomic mass is 35.5. The molecular weight excluding hydrogens is 386 g/mol. The molecule has 140 valence electrons. The molecule has 0 saturated heterocycles. The van der Waals surface area contributed by atoms with Crippen molar-refractivity contribution >= 4 is 44.1 Å². The lowest BCUT2D eigenvalue weighted by Gasteiger charge is -2.18. The maximum Gasteiger partial charge on any atom is 0.251 e. The number of para-hydroxylation sites is 1. The number of anilines is 1. The zero-order chi connectivity index (χ0) is 19.6. The highest BCUT2D eigenvalue weighted by Gasteiger charge is 2.16. The predicted molar refractivity (Wildman–Crippen MR) is 108 cm³/mol. The number of amides is 1. The van der Waals surface area contributed by atoms with Crippen LogP contribution in [0.15, 0.2) is 54.6 Å². The van der Waals surface area contributed by atoms with Crippen LogP contribution in [-0.2, 0) is 10.0 Å². The second-order valence-corrected chi connectivity index (χ2v) is 8.33. The van der Waals surface area contributed by atoms with E-state index >= 15 is 0 Å². The fraction of sp³-hybridized carbons (Fsp3) is 0.158.